The highest BCUT2D eigenvalue weighted by atomic mass is 35.5. The summed E-state index contributed by atoms with van der Waals surface area (Å²) in [5, 5.41) is 4.43. The summed E-state index contributed by atoms with van der Waals surface area (Å²) in [5.41, 5.74) is 1.28. The molecule has 1 atom stereocenters. The van der Waals surface area contributed by atoms with Crippen molar-refractivity contribution >= 4 is 11.6 Å². The zero-order valence-electron chi connectivity index (χ0n) is 12.9. The van der Waals surface area contributed by atoms with Gasteiger partial charge in [0.1, 0.15) is 0 Å². The molecule has 2 nitrogen and oxygen atoms in total. The smallest absolute Gasteiger partial charge is 0.0451 e. The summed E-state index contributed by atoms with van der Waals surface area (Å²) in [5.74, 6) is 0.891. The number of hydrogen-bond donors (Lipinski definition) is 1. The summed E-state index contributed by atoms with van der Waals surface area (Å²) >= 11 is 6.38. The van der Waals surface area contributed by atoms with Crippen molar-refractivity contribution in [2.45, 2.75) is 51.1 Å². The lowest BCUT2D eigenvalue weighted by molar-refractivity contribution is 0.149. The van der Waals surface area contributed by atoms with Crippen LogP contribution in [-0.2, 0) is 6.54 Å². The van der Waals surface area contributed by atoms with Gasteiger partial charge in [-0.05, 0) is 43.4 Å². The van der Waals surface area contributed by atoms with Crippen LogP contribution < -0.4 is 5.32 Å². The maximum absolute atomic E-state index is 6.38. The molecule has 1 unspecified atom stereocenters. The number of halogens is 1. The first-order chi connectivity index (χ1) is 10.3. The molecular weight excluding hydrogens is 280 g/mol. The predicted octanol–water partition coefficient (Wildman–Crippen LogP) is 4.08. The summed E-state index contributed by atoms with van der Waals surface area (Å²) in [6.07, 6.45) is 8.39. The monoisotopic (exact) mass is 306 g/mol. The largest absolute Gasteiger partial charge is 0.315 e. The van der Waals surface area contributed by atoms with E-state index in [9.17, 15) is 0 Å². The van der Waals surface area contributed by atoms with Crippen LogP contribution in [0.2, 0.25) is 5.02 Å². The fourth-order valence-electron chi connectivity index (χ4n) is 3.84. The quantitative estimate of drug-likeness (QED) is 0.881. The Morgan fingerprint density at radius 1 is 1.10 bits per heavy atom. The summed E-state index contributed by atoms with van der Waals surface area (Å²) in [4.78, 5) is 2.69. The molecule has 1 aliphatic carbocycles. The van der Waals surface area contributed by atoms with Crippen molar-refractivity contribution in [3.05, 3.63) is 34.9 Å². The Kier molecular flexibility index (Phi) is 5.56. The molecule has 3 rings (SSSR count). The molecule has 21 heavy (non-hydrogen) atoms. The van der Waals surface area contributed by atoms with Gasteiger partial charge in [0, 0.05) is 30.7 Å². The minimum Gasteiger partial charge on any atom is -0.315 e. The van der Waals surface area contributed by atoms with Gasteiger partial charge in [0.25, 0.3) is 0 Å². The van der Waals surface area contributed by atoms with Crippen LogP contribution in [0.3, 0.4) is 0 Å². The van der Waals surface area contributed by atoms with Crippen LogP contribution in [-0.4, -0.2) is 30.6 Å². The van der Waals surface area contributed by atoms with Crippen molar-refractivity contribution in [2.24, 2.45) is 5.92 Å². The minimum absolute atomic E-state index is 0.684. The molecule has 1 N–H and O–H groups in total. The predicted molar refractivity (Wildman–Crippen MR) is 89.7 cm³/mol. The maximum Gasteiger partial charge on any atom is 0.0451 e. The number of benzene rings is 1. The molecule has 0 amide bonds. The lowest BCUT2D eigenvalue weighted by Crippen LogP contribution is -2.40. The zero-order chi connectivity index (χ0) is 14.5. The molecule has 3 heteroatoms. The van der Waals surface area contributed by atoms with E-state index in [2.05, 4.69) is 22.3 Å². The standard InChI is InChI=1S/C18H27ClN2/c19-18-9-5-4-8-16(18)14-21(17-10-11-20-12-17)13-15-6-2-1-3-7-15/h4-5,8-9,15,17,20H,1-3,6-7,10-14H2. The van der Waals surface area contributed by atoms with E-state index in [1.54, 1.807) is 0 Å². The Bertz CT molecular complexity index is 437. The van der Waals surface area contributed by atoms with E-state index in [1.807, 2.05) is 12.1 Å². The fourth-order valence-corrected chi connectivity index (χ4v) is 4.04. The van der Waals surface area contributed by atoms with Crippen molar-refractivity contribution < 1.29 is 0 Å². The second-order valence-electron chi connectivity index (χ2n) is 6.67. The van der Waals surface area contributed by atoms with Crippen LogP contribution >= 0.6 is 11.6 Å². The number of nitrogens with one attached hydrogen (secondary N) is 1. The van der Waals surface area contributed by atoms with Gasteiger partial charge in [0.2, 0.25) is 0 Å². The molecule has 0 spiro atoms. The van der Waals surface area contributed by atoms with Gasteiger partial charge in [-0.25, -0.2) is 0 Å². The molecule has 1 saturated carbocycles. The number of rotatable bonds is 5. The molecule has 2 aliphatic rings. The first-order valence-electron chi connectivity index (χ1n) is 8.51. The Morgan fingerprint density at radius 3 is 2.62 bits per heavy atom. The van der Waals surface area contributed by atoms with Gasteiger partial charge in [-0.2, -0.15) is 0 Å². The van der Waals surface area contributed by atoms with Gasteiger partial charge in [0.15, 0.2) is 0 Å². The minimum atomic E-state index is 0.684. The Balaban J connectivity index is 1.67. The van der Waals surface area contributed by atoms with Crippen molar-refractivity contribution in [2.75, 3.05) is 19.6 Å². The third-order valence-corrected chi connectivity index (χ3v) is 5.47. The van der Waals surface area contributed by atoms with E-state index in [4.69, 9.17) is 11.6 Å². The highest BCUT2D eigenvalue weighted by Crippen LogP contribution is 2.27. The van der Waals surface area contributed by atoms with E-state index in [0.29, 0.717) is 6.04 Å². The molecule has 2 fully saturated rings. The number of hydrogen-bond acceptors (Lipinski definition) is 2. The van der Waals surface area contributed by atoms with E-state index in [1.165, 1.54) is 50.6 Å². The van der Waals surface area contributed by atoms with Crippen molar-refractivity contribution in [3.8, 4) is 0 Å². The molecule has 0 bridgehead atoms. The topological polar surface area (TPSA) is 15.3 Å². The average Bonchev–Trinajstić information content (AvgIpc) is 3.04. The van der Waals surface area contributed by atoms with Crippen molar-refractivity contribution in [1.82, 2.24) is 10.2 Å². The van der Waals surface area contributed by atoms with Crippen LogP contribution in [0.25, 0.3) is 0 Å². The highest BCUT2D eigenvalue weighted by Gasteiger charge is 2.26. The Hall–Kier alpha value is -0.570. The first-order valence-corrected chi connectivity index (χ1v) is 8.89. The maximum atomic E-state index is 6.38. The SMILES string of the molecule is Clc1ccccc1CN(CC1CCCCC1)C1CCNC1. The highest BCUT2D eigenvalue weighted by molar-refractivity contribution is 6.31. The third kappa shape index (κ3) is 4.21. The lowest BCUT2D eigenvalue weighted by atomic mass is 9.88. The molecule has 116 valence electrons. The van der Waals surface area contributed by atoms with Gasteiger partial charge >= 0.3 is 0 Å². The van der Waals surface area contributed by atoms with Crippen LogP contribution in [0.4, 0.5) is 0 Å². The van der Waals surface area contributed by atoms with Crippen molar-refractivity contribution in [3.63, 3.8) is 0 Å². The molecule has 1 heterocycles. The van der Waals surface area contributed by atoms with Gasteiger partial charge in [-0.15, -0.1) is 0 Å². The molecule has 1 saturated heterocycles. The third-order valence-electron chi connectivity index (χ3n) is 5.10. The molecule has 0 aromatic heterocycles. The summed E-state index contributed by atoms with van der Waals surface area (Å²) in [7, 11) is 0. The second-order valence-corrected chi connectivity index (χ2v) is 7.08. The summed E-state index contributed by atoms with van der Waals surface area (Å²) in [6, 6.07) is 9.01. The molecule has 0 radical (unpaired) electrons. The Labute approximate surface area is 133 Å². The molecule has 1 aliphatic heterocycles. The normalized spacial score (nSPS) is 23.8. The van der Waals surface area contributed by atoms with Gasteiger partial charge < -0.3 is 5.32 Å². The van der Waals surface area contributed by atoms with Crippen molar-refractivity contribution in [1.29, 1.82) is 0 Å². The zero-order valence-corrected chi connectivity index (χ0v) is 13.6. The molecule has 1 aromatic carbocycles. The van der Waals surface area contributed by atoms with Gasteiger partial charge in [-0.1, -0.05) is 49.1 Å². The fraction of sp³-hybridized carbons (Fsp3) is 0.667. The van der Waals surface area contributed by atoms with Crippen LogP contribution in [0, 0.1) is 5.92 Å². The first kappa shape index (κ1) is 15.3. The summed E-state index contributed by atoms with van der Waals surface area (Å²) < 4.78 is 0. The summed E-state index contributed by atoms with van der Waals surface area (Å²) in [6.45, 7) is 4.55. The van der Waals surface area contributed by atoms with E-state index in [-0.39, 0.29) is 0 Å². The van der Waals surface area contributed by atoms with Crippen LogP contribution in [0.5, 0.6) is 0 Å². The van der Waals surface area contributed by atoms with Crippen LogP contribution in [0.1, 0.15) is 44.1 Å². The van der Waals surface area contributed by atoms with Gasteiger partial charge in [0.05, 0.1) is 0 Å². The number of nitrogens with zero attached hydrogens (tertiary/aromatic N) is 1. The van der Waals surface area contributed by atoms with E-state index >= 15 is 0 Å². The van der Waals surface area contributed by atoms with E-state index < -0.39 is 0 Å². The second kappa shape index (κ2) is 7.62. The Morgan fingerprint density at radius 2 is 1.90 bits per heavy atom. The van der Waals surface area contributed by atoms with E-state index in [0.717, 1.165) is 30.6 Å². The van der Waals surface area contributed by atoms with Gasteiger partial charge in [-0.3, -0.25) is 4.90 Å². The average molecular weight is 307 g/mol. The molecule has 1 aromatic rings. The molecular formula is C18H27ClN2. The van der Waals surface area contributed by atoms with Crippen LogP contribution in [0.15, 0.2) is 24.3 Å². The lowest BCUT2D eigenvalue weighted by Gasteiger charge is -2.34.